The number of aromatic nitrogens is 2. The number of fused-ring (bicyclic) bond motifs is 1. The monoisotopic (exact) mass is 442 g/mol. The van der Waals surface area contributed by atoms with E-state index in [9.17, 15) is 0 Å². The zero-order valence-corrected chi connectivity index (χ0v) is 19.1. The largest absolute Gasteiger partial charge is 0.356 e. The molecule has 0 aliphatic carbocycles. The Hall–Kier alpha value is -3.01. The molecular formula is C26H26N4OS. The lowest BCUT2D eigenvalue weighted by molar-refractivity contribution is 0.173. The predicted molar refractivity (Wildman–Crippen MR) is 127 cm³/mol. The molecule has 0 saturated carbocycles. The molecule has 0 radical (unpaired) electrons. The molecule has 1 saturated heterocycles. The third-order valence-corrected chi connectivity index (χ3v) is 7.53. The van der Waals surface area contributed by atoms with Gasteiger partial charge in [0.1, 0.15) is 10.9 Å². The van der Waals surface area contributed by atoms with Gasteiger partial charge in [0.05, 0.1) is 11.4 Å². The zero-order chi connectivity index (χ0) is 21.9. The van der Waals surface area contributed by atoms with Crippen molar-refractivity contribution in [3.63, 3.8) is 0 Å². The van der Waals surface area contributed by atoms with Crippen molar-refractivity contribution < 1.29 is 4.52 Å². The SMILES string of the molecule is Cc1c(-c2ccccn2)ccc2c(CCC3CCN(Cc4ccc(C#N)s4)CC3)noc12. The summed E-state index contributed by atoms with van der Waals surface area (Å²) in [5.41, 5.74) is 5.11. The highest BCUT2D eigenvalue weighted by molar-refractivity contribution is 7.12. The molecular weight excluding hydrogens is 416 g/mol. The molecule has 0 atom stereocenters. The Balaban J connectivity index is 1.19. The zero-order valence-electron chi connectivity index (χ0n) is 18.3. The lowest BCUT2D eigenvalue weighted by atomic mass is 9.91. The number of aryl methyl sites for hydroxylation is 2. The van der Waals surface area contributed by atoms with E-state index in [0.29, 0.717) is 0 Å². The molecule has 1 aliphatic heterocycles. The highest BCUT2D eigenvalue weighted by atomic mass is 32.1. The first-order valence-electron chi connectivity index (χ1n) is 11.2. The van der Waals surface area contributed by atoms with Gasteiger partial charge in [0.15, 0.2) is 5.58 Å². The summed E-state index contributed by atoms with van der Waals surface area (Å²) in [5, 5.41) is 14.6. The van der Waals surface area contributed by atoms with Gasteiger partial charge in [0.2, 0.25) is 0 Å². The number of pyridine rings is 1. The first-order chi connectivity index (χ1) is 15.7. The Morgan fingerprint density at radius 1 is 1.16 bits per heavy atom. The molecule has 1 aromatic carbocycles. The lowest BCUT2D eigenvalue weighted by Gasteiger charge is -2.31. The van der Waals surface area contributed by atoms with Crippen molar-refractivity contribution in [3.05, 3.63) is 69.7 Å². The van der Waals surface area contributed by atoms with E-state index >= 15 is 0 Å². The Bertz CT molecular complexity index is 1250. The van der Waals surface area contributed by atoms with Gasteiger partial charge in [-0.3, -0.25) is 9.88 Å². The van der Waals surface area contributed by atoms with Crippen LogP contribution in [0.15, 0.2) is 53.2 Å². The fourth-order valence-corrected chi connectivity index (χ4v) is 5.53. The third-order valence-electron chi connectivity index (χ3n) is 6.55. The quantitative estimate of drug-likeness (QED) is 0.368. The maximum Gasteiger partial charge on any atom is 0.170 e. The van der Waals surface area contributed by atoms with Gasteiger partial charge in [-0.1, -0.05) is 17.3 Å². The van der Waals surface area contributed by atoms with Gasteiger partial charge in [-0.05, 0) is 81.9 Å². The van der Waals surface area contributed by atoms with Crippen LogP contribution in [0.4, 0.5) is 0 Å². The number of nitriles is 1. The summed E-state index contributed by atoms with van der Waals surface area (Å²) in [7, 11) is 0. The molecule has 6 heteroatoms. The number of thiophene rings is 1. The van der Waals surface area contributed by atoms with E-state index in [1.54, 1.807) is 11.3 Å². The number of hydrogen-bond acceptors (Lipinski definition) is 6. The molecule has 0 spiro atoms. The summed E-state index contributed by atoms with van der Waals surface area (Å²) in [4.78, 5) is 9.08. The number of hydrogen-bond donors (Lipinski definition) is 0. The van der Waals surface area contributed by atoms with E-state index in [4.69, 9.17) is 9.78 Å². The number of nitrogens with zero attached hydrogens (tertiary/aromatic N) is 4. The number of rotatable bonds is 6. The van der Waals surface area contributed by atoms with E-state index in [1.807, 2.05) is 30.5 Å². The molecule has 4 aromatic rings. The van der Waals surface area contributed by atoms with E-state index in [2.05, 4.69) is 46.2 Å². The van der Waals surface area contributed by atoms with Gasteiger partial charge < -0.3 is 4.52 Å². The van der Waals surface area contributed by atoms with E-state index < -0.39 is 0 Å². The molecule has 1 fully saturated rings. The second-order valence-electron chi connectivity index (χ2n) is 8.60. The summed E-state index contributed by atoms with van der Waals surface area (Å²) in [6.45, 7) is 5.29. The van der Waals surface area contributed by atoms with Crippen LogP contribution >= 0.6 is 11.3 Å². The van der Waals surface area contributed by atoms with Crippen molar-refractivity contribution in [2.45, 2.75) is 39.2 Å². The minimum atomic E-state index is 0.727. The topological polar surface area (TPSA) is 66.0 Å². The normalized spacial score (nSPS) is 15.2. The van der Waals surface area contributed by atoms with Crippen LogP contribution in [0.25, 0.3) is 22.2 Å². The van der Waals surface area contributed by atoms with Crippen molar-refractivity contribution in [3.8, 4) is 17.3 Å². The fourth-order valence-electron chi connectivity index (χ4n) is 4.68. The van der Waals surface area contributed by atoms with Crippen molar-refractivity contribution in [2.24, 2.45) is 5.92 Å². The maximum atomic E-state index is 9.01. The Labute approximate surface area is 192 Å². The molecule has 0 unspecified atom stereocenters. The highest BCUT2D eigenvalue weighted by Gasteiger charge is 2.21. The summed E-state index contributed by atoms with van der Waals surface area (Å²) in [6.07, 6.45) is 6.36. The van der Waals surface area contributed by atoms with Gasteiger partial charge in [-0.25, -0.2) is 0 Å². The van der Waals surface area contributed by atoms with Crippen molar-refractivity contribution in [1.82, 2.24) is 15.0 Å². The van der Waals surface area contributed by atoms with Crippen molar-refractivity contribution >= 4 is 22.3 Å². The van der Waals surface area contributed by atoms with Crippen LogP contribution in [-0.2, 0) is 13.0 Å². The molecule has 1 aliphatic rings. The van der Waals surface area contributed by atoms with Crippen LogP contribution in [0.1, 0.15) is 40.3 Å². The smallest absolute Gasteiger partial charge is 0.170 e. The van der Waals surface area contributed by atoms with Gasteiger partial charge >= 0.3 is 0 Å². The molecule has 4 heterocycles. The summed E-state index contributed by atoms with van der Waals surface area (Å²) in [5.74, 6) is 0.727. The Kier molecular flexibility index (Phi) is 6.02. The molecule has 32 heavy (non-hydrogen) atoms. The first-order valence-corrected chi connectivity index (χ1v) is 12.0. The van der Waals surface area contributed by atoms with Crippen LogP contribution in [-0.4, -0.2) is 28.1 Å². The standard InChI is InChI=1S/C26H26N4OS/c1-18-22(24-4-2-3-13-28-24)8-9-23-25(29-31-26(18)23)10-5-19-11-14-30(15-12-19)17-21-7-6-20(16-27)32-21/h2-4,6-9,13,19H,5,10-12,14-15,17H2,1H3. The molecule has 162 valence electrons. The average Bonchev–Trinajstić information content (AvgIpc) is 3.47. The first kappa shape index (κ1) is 20.9. The number of likely N-dealkylation sites (tertiary alicyclic amines) is 1. The summed E-state index contributed by atoms with van der Waals surface area (Å²) >= 11 is 1.61. The Morgan fingerprint density at radius 3 is 2.78 bits per heavy atom. The van der Waals surface area contributed by atoms with E-state index in [0.717, 1.165) is 76.8 Å². The van der Waals surface area contributed by atoms with Crippen molar-refractivity contribution in [2.75, 3.05) is 13.1 Å². The third kappa shape index (κ3) is 4.32. The predicted octanol–water partition coefficient (Wildman–Crippen LogP) is 5.98. The van der Waals surface area contributed by atoms with Gasteiger partial charge in [-0.2, -0.15) is 5.26 Å². The minimum Gasteiger partial charge on any atom is -0.356 e. The summed E-state index contributed by atoms with van der Waals surface area (Å²) < 4.78 is 5.77. The van der Waals surface area contributed by atoms with E-state index in [1.165, 1.54) is 17.7 Å². The number of piperidine rings is 1. The average molecular weight is 443 g/mol. The second kappa shape index (κ2) is 9.23. The van der Waals surface area contributed by atoms with Crippen LogP contribution in [0.5, 0.6) is 0 Å². The van der Waals surface area contributed by atoms with Crippen LogP contribution in [0.3, 0.4) is 0 Å². The molecule has 0 bridgehead atoms. The lowest BCUT2D eigenvalue weighted by Crippen LogP contribution is -2.33. The molecule has 5 nitrogen and oxygen atoms in total. The molecule has 3 aromatic heterocycles. The maximum absolute atomic E-state index is 9.01. The number of benzene rings is 1. The van der Waals surface area contributed by atoms with Gasteiger partial charge in [0, 0.05) is 34.1 Å². The van der Waals surface area contributed by atoms with Crippen LogP contribution < -0.4 is 0 Å². The Morgan fingerprint density at radius 2 is 2.03 bits per heavy atom. The van der Waals surface area contributed by atoms with E-state index in [-0.39, 0.29) is 0 Å². The van der Waals surface area contributed by atoms with Crippen molar-refractivity contribution in [1.29, 1.82) is 5.26 Å². The highest BCUT2D eigenvalue weighted by Crippen LogP contribution is 2.32. The molecule has 0 N–H and O–H groups in total. The second-order valence-corrected chi connectivity index (χ2v) is 9.76. The van der Waals surface area contributed by atoms with Gasteiger partial charge in [-0.15, -0.1) is 11.3 Å². The molecule has 5 rings (SSSR count). The van der Waals surface area contributed by atoms with Gasteiger partial charge in [0.25, 0.3) is 0 Å². The van der Waals surface area contributed by atoms with Crippen LogP contribution in [0.2, 0.25) is 0 Å². The summed E-state index contributed by atoms with van der Waals surface area (Å²) in [6, 6.07) is 16.5. The van der Waals surface area contributed by atoms with Crippen LogP contribution in [0, 0.1) is 24.2 Å². The fraction of sp³-hybridized carbons (Fsp3) is 0.346. The molecule has 0 amide bonds. The minimum absolute atomic E-state index is 0.727.